The lowest BCUT2D eigenvalue weighted by Crippen LogP contribution is -2.38. The fraction of sp³-hybridized carbons (Fsp3) is 0.556. The van der Waals surface area contributed by atoms with Crippen LogP contribution in [0.2, 0.25) is 0 Å². The molecule has 2 rings (SSSR count). The Bertz CT molecular complexity index is 861. The Morgan fingerprint density at radius 1 is 1.29 bits per heavy atom. The number of hydrogen-bond donors (Lipinski definition) is 1. The summed E-state index contributed by atoms with van der Waals surface area (Å²) in [4.78, 5) is 34.1. The second-order valence-electron chi connectivity index (χ2n) is 7.01. The zero-order valence-electron chi connectivity index (χ0n) is 15.8. The van der Waals surface area contributed by atoms with Crippen LogP contribution in [0.1, 0.15) is 49.4 Å². The summed E-state index contributed by atoms with van der Waals surface area (Å²) in [6.07, 6.45) is 5.38. The maximum absolute atomic E-state index is 12.2. The lowest BCUT2D eigenvalue weighted by atomic mass is 9.89. The van der Waals surface area contributed by atoms with E-state index in [0.29, 0.717) is 12.5 Å². The Kier molecular flexibility index (Phi) is 7.11. The van der Waals surface area contributed by atoms with Crippen LogP contribution in [0.4, 0.5) is 5.69 Å². The van der Waals surface area contributed by atoms with Gasteiger partial charge in [0, 0.05) is 18.9 Å². The van der Waals surface area contributed by atoms with E-state index in [9.17, 15) is 28.1 Å². The Morgan fingerprint density at radius 3 is 2.50 bits per heavy atom. The molecular formula is C18H24N2O7S. The maximum Gasteiger partial charge on any atom is 0.339 e. The second kappa shape index (κ2) is 9.13. The number of nitrogens with zero attached hydrogens (tertiary/aromatic N) is 1. The molecule has 0 spiro atoms. The molecule has 1 atom stereocenters. The number of carbonyl (C=O) groups excluding carboxylic acids is 2. The molecule has 10 heteroatoms. The maximum atomic E-state index is 12.2. The third-order valence-electron chi connectivity index (χ3n) is 4.73. The fourth-order valence-electron chi connectivity index (χ4n) is 3.16. The summed E-state index contributed by atoms with van der Waals surface area (Å²) in [5, 5.41) is 13.9. The molecule has 0 aromatic heterocycles. The van der Waals surface area contributed by atoms with Gasteiger partial charge in [-0.3, -0.25) is 14.9 Å². The van der Waals surface area contributed by atoms with Crippen molar-refractivity contribution in [3.8, 4) is 0 Å². The highest BCUT2D eigenvalue weighted by Crippen LogP contribution is 2.25. The van der Waals surface area contributed by atoms with Crippen molar-refractivity contribution in [1.29, 1.82) is 0 Å². The van der Waals surface area contributed by atoms with Crippen molar-refractivity contribution < 1.29 is 27.7 Å². The van der Waals surface area contributed by atoms with E-state index >= 15 is 0 Å². The van der Waals surface area contributed by atoms with Crippen LogP contribution in [-0.2, 0) is 19.4 Å². The van der Waals surface area contributed by atoms with Crippen LogP contribution < -0.4 is 5.32 Å². The highest BCUT2D eigenvalue weighted by atomic mass is 32.2. The Balaban J connectivity index is 2.02. The van der Waals surface area contributed by atoms with Gasteiger partial charge in [0.1, 0.15) is 4.90 Å². The molecule has 1 aromatic rings. The predicted molar refractivity (Wildman–Crippen MR) is 101 cm³/mol. The number of rotatable bonds is 7. The van der Waals surface area contributed by atoms with Crippen LogP contribution in [-0.4, -0.2) is 44.1 Å². The van der Waals surface area contributed by atoms with Crippen LogP contribution in [0.15, 0.2) is 23.1 Å². The minimum absolute atomic E-state index is 0.203. The van der Waals surface area contributed by atoms with E-state index in [2.05, 4.69) is 5.32 Å². The molecule has 1 N–H and O–H groups in total. The van der Waals surface area contributed by atoms with Crippen molar-refractivity contribution >= 4 is 27.4 Å². The van der Waals surface area contributed by atoms with Crippen LogP contribution >= 0.6 is 0 Å². The van der Waals surface area contributed by atoms with Crippen molar-refractivity contribution in [1.82, 2.24) is 5.32 Å². The molecule has 28 heavy (non-hydrogen) atoms. The van der Waals surface area contributed by atoms with Crippen molar-refractivity contribution in [2.24, 2.45) is 5.92 Å². The number of nitrogens with one attached hydrogen (secondary N) is 1. The monoisotopic (exact) mass is 412 g/mol. The summed E-state index contributed by atoms with van der Waals surface area (Å²) in [5.41, 5.74) is -0.919. The summed E-state index contributed by atoms with van der Waals surface area (Å²) in [6, 6.07) is 2.95. The van der Waals surface area contributed by atoms with Gasteiger partial charge in [-0.25, -0.2) is 13.2 Å². The van der Waals surface area contributed by atoms with Gasteiger partial charge in [0.2, 0.25) is 0 Å². The summed E-state index contributed by atoms with van der Waals surface area (Å²) in [5.74, 6) is -0.962. The number of carbonyl (C=O) groups is 2. The molecule has 0 bridgehead atoms. The first-order valence-electron chi connectivity index (χ1n) is 9.06. The molecule has 1 aliphatic rings. The van der Waals surface area contributed by atoms with Gasteiger partial charge in [0.05, 0.1) is 10.5 Å². The smallest absolute Gasteiger partial charge is 0.339 e. The normalized spacial score (nSPS) is 16.2. The van der Waals surface area contributed by atoms with Crippen LogP contribution in [0.5, 0.6) is 0 Å². The zero-order chi connectivity index (χ0) is 20.9. The molecule has 1 saturated carbocycles. The van der Waals surface area contributed by atoms with Gasteiger partial charge in [-0.05, 0) is 37.8 Å². The summed E-state index contributed by atoms with van der Waals surface area (Å²) < 4.78 is 28.3. The van der Waals surface area contributed by atoms with E-state index in [4.69, 9.17) is 4.74 Å². The molecule has 0 unspecified atom stereocenters. The summed E-state index contributed by atoms with van der Waals surface area (Å²) in [7, 11) is -3.83. The van der Waals surface area contributed by atoms with Gasteiger partial charge in [-0.1, -0.05) is 19.3 Å². The van der Waals surface area contributed by atoms with E-state index in [1.54, 1.807) is 0 Å². The SMILES string of the molecule is C[C@H](OC(=O)c1ccc(S(C)(=O)=O)c([N+](=O)[O-])c1)C(=O)NCC1CCCCC1. The van der Waals surface area contributed by atoms with Gasteiger partial charge in [-0.15, -0.1) is 0 Å². The first-order valence-corrected chi connectivity index (χ1v) is 11.0. The second-order valence-corrected chi connectivity index (χ2v) is 8.99. The van der Waals surface area contributed by atoms with Crippen molar-refractivity contribution in [3.63, 3.8) is 0 Å². The topological polar surface area (TPSA) is 133 Å². The minimum Gasteiger partial charge on any atom is -0.449 e. The fourth-order valence-corrected chi connectivity index (χ4v) is 3.99. The lowest BCUT2D eigenvalue weighted by molar-refractivity contribution is -0.387. The quantitative estimate of drug-likeness (QED) is 0.412. The minimum atomic E-state index is -3.83. The molecule has 1 amide bonds. The summed E-state index contributed by atoms with van der Waals surface area (Å²) in [6.45, 7) is 1.93. The molecule has 0 aliphatic heterocycles. The van der Waals surface area contributed by atoms with Crippen molar-refractivity contribution in [2.45, 2.75) is 50.0 Å². The van der Waals surface area contributed by atoms with Crippen LogP contribution in [0.3, 0.4) is 0 Å². The lowest BCUT2D eigenvalue weighted by Gasteiger charge is -2.22. The number of benzene rings is 1. The molecule has 154 valence electrons. The van der Waals surface area contributed by atoms with Gasteiger partial charge in [0.15, 0.2) is 15.9 Å². The first kappa shape index (κ1) is 21.8. The van der Waals surface area contributed by atoms with Crippen molar-refractivity contribution in [3.05, 3.63) is 33.9 Å². The number of esters is 1. The average molecular weight is 412 g/mol. The van der Waals surface area contributed by atoms with Gasteiger partial charge < -0.3 is 10.1 Å². The number of sulfone groups is 1. The molecule has 1 aromatic carbocycles. The number of amides is 1. The number of nitro benzene ring substituents is 1. The largest absolute Gasteiger partial charge is 0.449 e. The number of hydrogen-bond acceptors (Lipinski definition) is 7. The van der Waals surface area contributed by atoms with Crippen LogP contribution in [0, 0.1) is 16.0 Å². The number of nitro groups is 1. The van der Waals surface area contributed by atoms with E-state index < -0.39 is 43.3 Å². The predicted octanol–water partition coefficient (Wildman–Crippen LogP) is 2.24. The van der Waals surface area contributed by atoms with E-state index in [1.165, 1.54) is 13.3 Å². The van der Waals surface area contributed by atoms with E-state index in [0.717, 1.165) is 50.1 Å². The van der Waals surface area contributed by atoms with Crippen LogP contribution in [0.25, 0.3) is 0 Å². The molecular weight excluding hydrogens is 388 g/mol. The average Bonchev–Trinajstić information content (AvgIpc) is 2.65. The molecule has 0 saturated heterocycles. The zero-order valence-corrected chi connectivity index (χ0v) is 16.7. The third kappa shape index (κ3) is 5.75. The summed E-state index contributed by atoms with van der Waals surface area (Å²) >= 11 is 0. The highest BCUT2D eigenvalue weighted by Gasteiger charge is 2.26. The molecule has 9 nitrogen and oxygen atoms in total. The third-order valence-corrected chi connectivity index (χ3v) is 5.88. The molecule has 1 aliphatic carbocycles. The number of ether oxygens (including phenoxy) is 1. The van der Waals surface area contributed by atoms with E-state index in [-0.39, 0.29) is 5.56 Å². The van der Waals surface area contributed by atoms with Gasteiger partial charge in [-0.2, -0.15) is 0 Å². The highest BCUT2D eigenvalue weighted by molar-refractivity contribution is 7.90. The Morgan fingerprint density at radius 2 is 1.93 bits per heavy atom. The van der Waals surface area contributed by atoms with Crippen molar-refractivity contribution in [2.75, 3.05) is 12.8 Å². The van der Waals surface area contributed by atoms with E-state index in [1.807, 2.05) is 0 Å². The van der Waals surface area contributed by atoms with Gasteiger partial charge in [0.25, 0.3) is 11.6 Å². The first-order chi connectivity index (χ1) is 13.1. The molecule has 0 heterocycles. The Labute approximate surface area is 163 Å². The Hall–Kier alpha value is -2.49. The molecule has 0 radical (unpaired) electrons. The van der Waals surface area contributed by atoms with Gasteiger partial charge >= 0.3 is 5.97 Å². The standard InChI is InChI=1S/C18H24N2O7S/c1-12(17(21)19-11-13-6-4-3-5-7-13)27-18(22)14-8-9-16(28(2,25)26)15(10-14)20(23)24/h8-10,12-13H,3-7,11H2,1-2H3,(H,19,21)/t12-/m0/s1. The molecule has 1 fully saturated rings.